The third-order valence-electron chi connectivity index (χ3n) is 4.64. The molecule has 0 saturated carbocycles. The van der Waals surface area contributed by atoms with Crippen molar-refractivity contribution in [3.63, 3.8) is 0 Å². The van der Waals surface area contributed by atoms with Crippen molar-refractivity contribution in [1.82, 2.24) is 9.97 Å². The van der Waals surface area contributed by atoms with E-state index in [1.54, 1.807) is 18.5 Å². The minimum Gasteiger partial charge on any atom is -0.305 e. The van der Waals surface area contributed by atoms with E-state index in [9.17, 15) is 8.78 Å². The van der Waals surface area contributed by atoms with Gasteiger partial charge in [0.25, 0.3) is 0 Å². The quantitative estimate of drug-likeness (QED) is 0.204. The number of aromatic nitrogens is 2. The monoisotopic (exact) mass is 613 g/mol. The third-order valence-corrected chi connectivity index (χ3v) is 4.64. The molecule has 0 aliphatic carbocycles. The molecule has 0 fully saturated rings. The fourth-order valence-corrected chi connectivity index (χ4v) is 3.16. The molecule has 0 unspecified atom stereocenters. The fourth-order valence-electron chi connectivity index (χ4n) is 3.16. The zero-order valence-corrected chi connectivity index (χ0v) is 19.8. The van der Waals surface area contributed by atoms with Gasteiger partial charge in [0, 0.05) is 44.1 Å². The Morgan fingerprint density at radius 3 is 2.15 bits per heavy atom. The average molecular weight is 613 g/mol. The van der Waals surface area contributed by atoms with Crippen LogP contribution in [0.25, 0.3) is 33.6 Å². The van der Waals surface area contributed by atoms with Gasteiger partial charge in [0.2, 0.25) is 0 Å². The minimum absolute atomic E-state index is 0. The molecule has 2 nitrogen and oxygen atoms in total. The molecule has 3 aromatic carbocycles. The first-order valence-corrected chi connectivity index (χ1v) is 9.98. The molecular weight excluding hydrogens is 595 g/mol. The standard InChI is InChI=1S/C17H10F2N.C11H8N.Ir/c18-13-8-9-15(16(19)11-13)17-14(7-4-10-20-17)12-5-2-1-3-6-12;1-2-6-10(7-3-1)11-8-4-5-9-12-11;/h1-8,10-11H;1-6,8-9H;/q2*-1;. The van der Waals surface area contributed by atoms with Gasteiger partial charge < -0.3 is 9.97 Å². The Hall–Kier alpha value is -3.53. The van der Waals surface area contributed by atoms with Crippen LogP contribution < -0.4 is 0 Å². The molecule has 5 heteroatoms. The molecule has 0 atom stereocenters. The van der Waals surface area contributed by atoms with Gasteiger partial charge in [0.15, 0.2) is 0 Å². The molecule has 0 amide bonds. The molecule has 0 bridgehead atoms. The van der Waals surface area contributed by atoms with Crippen LogP contribution in [-0.2, 0) is 20.1 Å². The molecule has 165 valence electrons. The van der Waals surface area contributed by atoms with E-state index in [2.05, 4.69) is 22.1 Å². The van der Waals surface area contributed by atoms with Gasteiger partial charge >= 0.3 is 0 Å². The summed E-state index contributed by atoms with van der Waals surface area (Å²) >= 11 is 0. The number of hydrogen-bond acceptors (Lipinski definition) is 2. The van der Waals surface area contributed by atoms with E-state index in [1.165, 1.54) is 0 Å². The van der Waals surface area contributed by atoms with E-state index in [-0.39, 0.29) is 25.7 Å². The van der Waals surface area contributed by atoms with E-state index in [0.29, 0.717) is 5.69 Å². The van der Waals surface area contributed by atoms with Gasteiger partial charge in [-0.1, -0.05) is 60.2 Å². The summed E-state index contributed by atoms with van der Waals surface area (Å²) in [5.41, 5.74) is 4.35. The Morgan fingerprint density at radius 1 is 0.697 bits per heavy atom. The predicted octanol–water partition coefficient (Wildman–Crippen LogP) is 7.04. The van der Waals surface area contributed by atoms with Crippen LogP contribution in [0.1, 0.15) is 0 Å². The molecule has 0 saturated heterocycles. The molecular formula is C28H18F2IrN2-2. The summed E-state index contributed by atoms with van der Waals surface area (Å²) in [4.78, 5) is 8.44. The molecule has 1 radical (unpaired) electrons. The Kier molecular flexibility index (Phi) is 8.70. The second-order valence-corrected chi connectivity index (χ2v) is 6.80. The van der Waals surface area contributed by atoms with Crippen molar-refractivity contribution in [2.75, 3.05) is 0 Å². The zero-order chi connectivity index (χ0) is 22.2. The Labute approximate surface area is 205 Å². The van der Waals surface area contributed by atoms with Gasteiger partial charge in [-0.25, -0.2) is 0 Å². The van der Waals surface area contributed by atoms with Gasteiger partial charge in [0.1, 0.15) is 0 Å². The van der Waals surface area contributed by atoms with Gasteiger partial charge in [0.05, 0.1) is 0 Å². The van der Waals surface area contributed by atoms with Crippen LogP contribution in [0.5, 0.6) is 0 Å². The first-order valence-electron chi connectivity index (χ1n) is 9.98. The second-order valence-electron chi connectivity index (χ2n) is 6.80. The van der Waals surface area contributed by atoms with E-state index >= 15 is 0 Å². The first kappa shape index (κ1) is 24.1. The Morgan fingerprint density at radius 2 is 1.45 bits per heavy atom. The average Bonchev–Trinajstić information content (AvgIpc) is 2.86. The maximum absolute atomic E-state index is 13.9. The van der Waals surface area contributed by atoms with Gasteiger partial charge in [-0.05, 0) is 34.6 Å². The number of rotatable bonds is 3. The summed E-state index contributed by atoms with van der Waals surface area (Å²) in [6.45, 7) is 0. The van der Waals surface area contributed by atoms with Gasteiger partial charge in [-0.2, -0.15) is 0 Å². The molecule has 2 heterocycles. The summed E-state index contributed by atoms with van der Waals surface area (Å²) in [5, 5.41) is 0. The van der Waals surface area contributed by atoms with Crippen molar-refractivity contribution in [2.24, 2.45) is 0 Å². The van der Waals surface area contributed by atoms with E-state index in [4.69, 9.17) is 0 Å². The van der Waals surface area contributed by atoms with Crippen LogP contribution in [0.3, 0.4) is 0 Å². The molecule has 2 aromatic heterocycles. The van der Waals surface area contributed by atoms with Crippen LogP contribution in [0.4, 0.5) is 8.78 Å². The summed E-state index contributed by atoms with van der Waals surface area (Å²) < 4.78 is 26.9. The maximum Gasteiger partial charge on any atom is 0.0408 e. The molecule has 0 spiro atoms. The van der Waals surface area contributed by atoms with Gasteiger partial charge in [-0.15, -0.1) is 48.0 Å². The third kappa shape index (κ3) is 6.26. The number of halogens is 2. The zero-order valence-electron chi connectivity index (χ0n) is 17.4. The van der Waals surface area contributed by atoms with Crippen molar-refractivity contribution in [1.29, 1.82) is 0 Å². The molecule has 0 N–H and O–H groups in total. The van der Waals surface area contributed by atoms with E-state index < -0.39 is 11.6 Å². The van der Waals surface area contributed by atoms with Crippen molar-refractivity contribution in [3.8, 4) is 33.6 Å². The summed E-state index contributed by atoms with van der Waals surface area (Å²) in [6.07, 6.45) is 3.37. The first-order chi connectivity index (χ1) is 15.7. The van der Waals surface area contributed by atoms with E-state index in [1.807, 2.05) is 78.9 Å². The van der Waals surface area contributed by atoms with Crippen molar-refractivity contribution in [2.45, 2.75) is 0 Å². The van der Waals surface area contributed by atoms with Crippen LogP contribution >= 0.6 is 0 Å². The number of pyridine rings is 2. The molecule has 33 heavy (non-hydrogen) atoms. The van der Waals surface area contributed by atoms with Crippen molar-refractivity contribution in [3.05, 3.63) is 133 Å². The molecule has 0 aliphatic heterocycles. The maximum atomic E-state index is 13.9. The van der Waals surface area contributed by atoms with Crippen molar-refractivity contribution >= 4 is 0 Å². The Bertz CT molecular complexity index is 1240. The fraction of sp³-hybridized carbons (Fsp3) is 0. The summed E-state index contributed by atoms with van der Waals surface area (Å²) in [7, 11) is 0. The SMILES string of the molecule is Fc1c[c-]c(-c2ncccc2-c2ccccc2)c(F)c1.[Ir].[c-]1ccccc1-c1ccccn1. The number of hydrogen-bond donors (Lipinski definition) is 0. The topological polar surface area (TPSA) is 25.8 Å². The smallest absolute Gasteiger partial charge is 0.0408 e. The Balaban J connectivity index is 0.000000202. The van der Waals surface area contributed by atoms with E-state index in [0.717, 1.165) is 34.5 Å². The van der Waals surface area contributed by atoms with Gasteiger partial charge in [-0.3, -0.25) is 8.78 Å². The second kappa shape index (κ2) is 11.9. The van der Waals surface area contributed by atoms with Crippen molar-refractivity contribution < 1.29 is 28.9 Å². The largest absolute Gasteiger partial charge is 0.305 e. The summed E-state index contributed by atoms with van der Waals surface area (Å²) in [6, 6.07) is 34.6. The normalized spacial score (nSPS) is 9.88. The van der Waals surface area contributed by atoms with Crippen LogP contribution in [0.2, 0.25) is 0 Å². The molecule has 0 aliphatic rings. The minimum atomic E-state index is -0.666. The number of nitrogens with zero attached hydrogens (tertiary/aromatic N) is 2. The van der Waals surface area contributed by atoms with Crippen LogP contribution in [0.15, 0.2) is 109 Å². The molecule has 5 aromatic rings. The van der Waals surface area contributed by atoms with Crippen LogP contribution in [0, 0.1) is 23.8 Å². The predicted molar refractivity (Wildman–Crippen MR) is 122 cm³/mol. The van der Waals surface area contributed by atoms with Crippen LogP contribution in [-0.4, -0.2) is 9.97 Å². The number of benzene rings is 3. The molecule has 5 rings (SSSR count). The summed E-state index contributed by atoms with van der Waals surface area (Å²) in [5.74, 6) is -1.32.